The Morgan fingerprint density at radius 3 is 2.59 bits per heavy atom. The van der Waals surface area contributed by atoms with Gasteiger partial charge in [0.25, 0.3) is 0 Å². The number of sulfone groups is 1. The summed E-state index contributed by atoms with van der Waals surface area (Å²) in [6, 6.07) is 1.40. The molecule has 3 heterocycles. The van der Waals surface area contributed by atoms with Gasteiger partial charge in [-0.25, -0.2) is 13.2 Å². The smallest absolute Gasteiger partial charge is 0.322 e. The van der Waals surface area contributed by atoms with Gasteiger partial charge in [-0.15, -0.1) is 5.10 Å². The molecule has 1 aliphatic heterocycles. The number of rotatable bonds is 4. The number of piperidine rings is 1. The molecule has 2 fully saturated rings. The summed E-state index contributed by atoms with van der Waals surface area (Å²) in [7, 11) is -1.80. The number of carbonyl (C=O) groups is 1. The SMILES string of the molecule is Cn1nccc1S(=O)(=O)C1(C2CCN(C(=O)Nc3cnns3)CC2)CCC1. The van der Waals surface area contributed by atoms with Gasteiger partial charge in [0.15, 0.2) is 5.03 Å². The second-order valence-electron chi connectivity index (χ2n) is 7.19. The van der Waals surface area contributed by atoms with Crippen molar-refractivity contribution < 1.29 is 13.2 Å². The molecular formula is C16H22N6O3S2. The molecule has 2 aliphatic rings. The number of hydrogen-bond acceptors (Lipinski definition) is 7. The number of likely N-dealkylation sites (tertiary alicyclic amines) is 1. The van der Waals surface area contributed by atoms with Crippen LogP contribution in [0.4, 0.5) is 9.80 Å². The molecule has 146 valence electrons. The normalized spacial score (nSPS) is 20.3. The van der Waals surface area contributed by atoms with Crippen molar-refractivity contribution in [3.8, 4) is 0 Å². The van der Waals surface area contributed by atoms with Crippen molar-refractivity contribution in [1.82, 2.24) is 24.3 Å². The lowest BCUT2D eigenvalue weighted by Crippen LogP contribution is -2.55. The molecule has 27 heavy (non-hydrogen) atoms. The predicted molar refractivity (Wildman–Crippen MR) is 100 cm³/mol. The van der Waals surface area contributed by atoms with Crippen molar-refractivity contribution in [3.05, 3.63) is 18.5 Å². The number of aryl methyl sites for hydroxylation is 1. The molecule has 2 amide bonds. The minimum atomic E-state index is -3.46. The van der Waals surface area contributed by atoms with Gasteiger partial charge in [-0.2, -0.15) is 5.10 Å². The number of hydrogen-bond donors (Lipinski definition) is 1. The molecule has 0 bridgehead atoms. The lowest BCUT2D eigenvalue weighted by molar-refractivity contribution is 0.136. The van der Waals surface area contributed by atoms with Crippen LogP contribution in [0.5, 0.6) is 0 Å². The molecule has 11 heteroatoms. The number of nitrogens with one attached hydrogen (secondary N) is 1. The summed E-state index contributed by atoms with van der Waals surface area (Å²) in [6.07, 6.45) is 6.71. The molecule has 1 saturated carbocycles. The van der Waals surface area contributed by atoms with Gasteiger partial charge in [0.1, 0.15) is 5.00 Å². The highest BCUT2D eigenvalue weighted by Crippen LogP contribution is 2.51. The van der Waals surface area contributed by atoms with Crippen LogP contribution in [0.3, 0.4) is 0 Å². The molecule has 4 rings (SSSR count). The number of anilines is 1. The summed E-state index contributed by atoms with van der Waals surface area (Å²) in [6.45, 7) is 1.09. The van der Waals surface area contributed by atoms with Crippen LogP contribution >= 0.6 is 11.5 Å². The summed E-state index contributed by atoms with van der Waals surface area (Å²) in [5, 5.41) is 11.4. The van der Waals surface area contributed by atoms with Gasteiger partial charge >= 0.3 is 6.03 Å². The molecule has 2 aromatic rings. The number of urea groups is 1. The number of aromatic nitrogens is 4. The van der Waals surface area contributed by atoms with E-state index in [1.807, 2.05) is 0 Å². The average molecular weight is 411 g/mol. The molecule has 2 aromatic heterocycles. The molecule has 0 radical (unpaired) electrons. The highest BCUT2D eigenvalue weighted by Gasteiger charge is 2.55. The van der Waals surface area contributed by atoms with E-state index >= 15 is 0 Å². The van der Waals surface area contributed by atoms with Gasteiger partial charge in [0, 0.05) is 31.7 Å². The Morgan fingerprint density at radius 1 is 1.33 bits per heavy atom. The first kappa shape index (κ1) is 18.4. The predicted octanol–water partition coefficient (Wildman–Crippen LogP) is 1.91. The summed E-state index contributed by atoms with van der Waals surface area (Å²) in [5.41, 5.74) is 0. The van der Waals surface area contributed by atoms with E-state index in [1.54, 1.807) is 18.0 Å². The van der Waals surface area contributed by atoms with Gasteiger partial charge < -0.3 is 4.90 Å². The van der Waals surface area contributed by atoms with Gasteiger partial charge in [-0.1, -0.05) is 10.9 Å². The van der Waals surface area contributed by atoms with Gasteiger partial charge in [-0.05, 0) is 37.7 Å². The van der Waals surface area contributed by atoms with Crippen LogP contribution in [0.25, 0.3) is 0 Å². The fourth-order valence-electron chi connectivity index (χ4n) is 4.27. The minimum Gasteiger partial charge on any atom is -0.324 e. The summed E-state index contributed by atoms with van der Waals surface area (Å²) < 4.78 is 31.2. The third-order valence-electron chi connectivity index (χ3n) is 5.90. The average Bonchev–Trinajstić information content (AvgIpc) is 3.26. The lowest BCUT2D eigenvalue weighted by atomic mass is 9.71. The molecule has 9 nitrogen and oxygen atoms in total. The van der Waals surface area contributed by atoms with Crippen molar-refractivity contribution in [2.24, 2.45) is 13.0 Å². The van der Waals surface area contributed by atoms with E-state index in [0.29, 0.717) is 48.8 Å². The lowest BCUT2D eigenvalue weighted by Gasteiger charge is -2.49. The first-order valence-corrected chi connectivity index (χ1v) is 11.3. The number of carbonyl (C=O) groups excluding carboxylic acids is 1. The molecule has 1 N–H and O–H groups in total. The zero-order chi connectivity index (χ0) is 19.1. The van der Waals surface area contributed by atoms with Crippen molar-refractivity contribution in [1.29, 1.82) is 0 Å². The Labute approximate surface area is 161 Å². The van der Waals surface area contributed by atoms with Crippen LogP contribution in [0.15, 0.2) is 23.5 Å². The van der Waals surface area contributed by atoms with E-state index in [2.05, 4.69) is 20.0 Å². The van der Waals surface area contributed by atoms with Crippen molar-refractivity contribution >= 4 is 32.4 Å². The Balaban J connectivity index is 1.46. The van der Waals surface area contributed by atoms with E-state index in [9.17, 15) is 13.2 Å². The molecule has 0 atom stereocenters. The monoisotopic (exact) mass is 410 g/mol. The van der Waals surface area contributed by atoms with Crippen molar-refractivity contribution in [2.75, 3.05) is 18.4 Å². The molecule has 0 aromatic carbocycles. The highest BCUT2D eigenvalue weighted by atomic mass is 32.2. The van der Waals surface area contributed by atoms with Crippen LogP contribution in [-0.4, -0.2) is 56.6 Å². The van der Waals surface area contributed by atoms with Gasteiger partial charge in [0.05, 0.1) is 17.1 Å². The second-order valence-corrected chi connectivity index (χ2v) is 10.2. The maximum atomic E-state index is 13.4. The molecule has 0 spiro atoms. The first-order chi connectivity index (χ1) is 12.9. The van der Waals surface area contributed by atoms with Crippen LogP contribution in [-0.2, 0) is 16.9 Å². The first-order valence-electron chi connectivity index (χ1n) is 9.00. The van der Waals surface area contributed by atoms with E-state index < -0.39 is 14.6 Å². The molecule has 1 aliphatic carbocycles. The number of amides is 2. The van der Waals surface area contributed by atoms with Crippen molar-refractivity contribution in [2.45, 2.75) is 41.9 Å². The maximum Gasteiger partial charge on any atom is 0.322 e. The van der Waals surface area contributed by atoms with Crippen LogP contribution < -0.4 is 5.32 Å². The number of nitrogens with zero attached hydrogens (tertiary/aromatic N) is 5. The van der Waals surface area contributed by atoms with Crippen LogP contribution in [0, 0.1) is 5.92 Å². The maximum absolute atomic E-state index is 13.4. The van der Waals surface area contributed by atoms with Crippen molar-refractivity contribution in [3.63, 3.8) is 0 Å². The van der Waals surface area contributed by atoms with E-state index in [1.165, 1.54) is 17.1 Å². The summed E-state index contributed by atoms with van der Waals surface area (Å²) in [4.78, 5) is 14.1. The largest absolute Gasteiger partial charge is 0.324 e. The Morgan fingerprint density at radius 2 is 2.07 bits per heavy atom. The standard InChI is InChI=1S/C16H22N6O3S2/c1-21-14(3-8-18-21)27(24,25)16(6-2-7-16)12-4-9-22(10-5-12)15(23)19-13-11-17-20-26-13/h3,8,11-12H,2,4-7,9-10H2,1H3,(H,19,23). The van der Waals surface area contributed by atoms with E-state index in [-0.39, 0.29) is 11.9 Å². The second kappa shape index (κ2) is 6.86. The Hall–Kier alpha value is -2.01. The van der Waals surface area contributed by atoms with E-state index in [4.69, 9.17) is 0 Å². The molecule has 0 unspecified atom stereocenters. The van der Waals surface area contributed by atoms with Gasteiger partial charge in [0.2, 0.25) is 9.84 Å². The molecule has 1 saturated heterocycles. The highest BCUT2D eigenvalue weighted by molar-refractivity contribution is 7.92. The van der Waals surface area contributed by atoms with Crippen LogP contribution in [0.1, 0.15) is 32.1 Å². The third kappa shape index (κ3) is 3.02. The minimum absolute atomic E-state index is 0.0558. The fraction of sp³-hybridized carbons (Fsp3) is 0.625. The zero-order valence-electron chi connectivity index (χ0n) is 15.0. The zero-order valence-corrected chi connectivity index (χ0v) is 16.7. The Kier molecular flexibility index (Phi) is 4.66. The van der Waals surface area contributed by atoms with E-state index in [0.717, 1.165) is 18.0 Å². The van der Waals surface area contributed by atoms with Gasteiger partial charge in [-0.3, -0.25) is 10.00 Å². The fourth-order valence-corrected chi connectivity index (χ4v) is 7.23. The quantitative estimate of drug-likeness (QED) is 0.824. The Bertz CT molecular complexity index is 912. The topological polar surface area (TPSA) is 110 Å². The summed E-state index contributed by atoms with van der Waals surface area (Å²) in [5.74, 6) is 0.0558. The third-order valence-corrected chi connectivity index (χ3v) is 9.25. The summed E-state index contributed by atoms with van der Waals surface area (Å²) >= 11 is 1.13. The molecular weight excluding hydrogens is 388 g/mol. The van der Waals surface area contributed by atoms with Crippen LogP contribution in [0.2, 0.25) is 0 Å².